The van der Waals surface area contributed by atoms with Gasteiger partial charge in [-0.2, -0.15) is 0 Å². The molecule has 0 spiro atoms. The smallest absolute Gasteiger partial charge is 0.242 e. The third kappa shape index (κ3) is 2.97. The Labute approximate surface area is 120 Å². The Bertz CT molecular complexity index is 584. The summed E-state index contributed by atoms with van der Waals surface area (Å²) in [6.07, 6.45) is 1.90. The van der Waals surface area contributed by atoms with Crippen LogP contribution in [0.1, 0.15) is 19.8 Å². The van der Waals surface area contributed by atoms with Crippen molar-refractivity contribution in [1.82, 2.24) is 10.0 Å². The highest BCUT2D eigenvalue weighted by atomic mass is 32.2. The maximum absolute atomic E-state index is 12.5. The fraction of sp³-hybridized carbons (Fsp3) is 0.571. The number of nitrogens with zero attached hydrogens (tertiary/aromatic N) is 1. The zero-order chi connectivity index (χ0) is 14.2. The van der Waals surface area contributed by atoms with Crippen LogP contribution in [-0.4, -0.2) is 40.1 Å². The summed E-state index contributed by atoms with van der Waals surface area (Å²) >= 11 is 0. The molecule has 1 saturated heterocycles. The Hall–Kier alpha value is -1.11. The zero-order valence-corrected chi connectivity index (χ0v) is 12.5. The minimum absolute atomic E-state index is 0.134. The van der Waals surface area contributed by atoms with Crippen LogP contribution in [0.4, 0.5) is 5.69 Å². The number of sulfonamides is 1. The molecule has 2 aliphatic rings. The van der Waals surface area contributed by atoms with E-state index in [-0.39, 0.29) is 6.04 Å². The molecule has 0 aromatic heterocycles. The molecule has 1 aromatic rings. The first-order chi connectivity index (χ1) is 9.56. The van der Waals surface area contributed by atoms with E-state index in [0.29, 0.717) is 10.9 Å². The van der Waals surface area contributed by atoms with Gasteiger partial charge in [0.15, 0.2) is 0 Å². The third-order valence-corrected chi connectivity index (χ3v) is 5.33. The molecule has 2 N–H and O–H groups in total. The lowest BCUT2D eigenvalue weighted by atomic mass is 10.2. The van der Waals surface area contributed by atoms with Gasteiger partial charge in [-0.1, -0.05) is 12.1 Å². The fourth-order valence-corrected chi connectivity index (χ4v) is 4.11. The Morgan fingerprint density at radius 3 is 2.75 bits per heavy atom. The van der Waals surface area contributed by atoms with Crippen LogP contribution < -0.4 is 14.9 Å². The van der Waals surface area contributed by atoms with E-state index < -0.39 is 10.0 Å². The molecule has 1 aromatic carbocycles. The Morgan fingerprint density at radius 1 is 1.30 bits per heavy atom. The topological polar surface area (TPSA) is 61.4 Å². The Morgan fingerprint density at radius 2 is 2.05 bits per heavy atom. The lowest BCUT2D eigenvalue weighted by molar-refractivity contribution is 0.482. The summed E-state index contributed by atoms with van der Waals surface area (Å²) in [6.45, 7) is 4.66. The van der Waals surface area contributed by atoms with E-state index in [2.05, 4.69) is 21.9 Å². The van der Waals surface area contributed by atoms with Gasteiger partial charge < -0.3 is 10.2 Å². The predicted molar refractivity (Wildman–Crippen MR) is 79.5 cm³/mol. The second-order valence-electron chi connectivity index (χ2n) is 5.66. The van der Waals surface area contributed by atoms with Crippen molar-refractivity contribution >= 4 is 15.7 Å². The van der Waals surface area contributed by atoms with Gasteiger partial charge in [0, 0.05) is 31.7 Å². The molecule has 6 heteroatoms. The molecule has 3 rings (SSSR count). The largest absolute Gasteiger partial charge is 0.368 e. The quantitative estimate of drug-likeness (QED) is 0.867. The van der Waals surface area contributed by atoms with E-state index in [4.69, 9.17) is 0 Å². The van der Waals surface area contributed by atoms with Crippen LogP contribution >= 0.6 is 0 Å². The highest BCUT2D eigenvalue weighted by Crippen LogP contribution is 2.28. The van der Waals surface area contributed by atoms with E-state index in [0.717, 1.165) is 38.2 Å². The van der Waals surface area contributed by atoms with E-state index in [1.807, 2.05) is 12.1 Å². The number of hydrogen-bond acceptors (Lipinski definition) is 4. The molecular weight excluding hydrogens is 274 g/mol. The number of rotatable bonds is 4. The van der Waals surface area contributed by atoms with Crippen LogP contribution in [-0.2, 0) is 10.0 Å². The van der Waals surface area contributed by atoms with Gasteiger partial charge in [-0.15, -0.1) is 0 Å². The van der Waals surface area contributed by atoms with Crippen molar-refractivity contribution in [2.45, 2.75) is 36.7 Å². The van der Waals surface area contributed by atoms with E-state index >= 15 is 0 Å². The number of anilines is 1. The lowest BCUT2D eigenvalue weighted by Gasteiger charge is -2.34. The first-order valence-electron chi connectivity index (χ1n) is 7.16. The molecule has 0 amide bonds. The van der Waals surface area contributed by atoms with Gasteiger partial charge in [0.2, 0.25) is 10.0 Å². The Kier molecular flexibility index (Phi) is 3.70. The van der Waals surface area contributed by atoms with Crippen molar-refractivity contribution in [3.63, 3.8) is 0 Å². The minimum atomic E-state index is -3.41. The molecular formula is C14H21N3O2S. The van der Waals surface area contributed by atoms with Crippen molar-refractivity contribution in [3.8, 4) is 0 Å². The third-order valence-electron chi connectivity index (χ3n) is 3.76. The first kappa shape index (κ1) is 13.9. The molecule has 110 valence electrons. The van der Waals surface area contributed by atoms with Gasteiger partial charge >= 0.3 is 0 Å². The second-order valence-corrected chi connectivity index (χ2v) is 7.35. The molecule has 0 bridgehead atoms. The minimum Gasteiger partial charge on any atom is -0.368 e. The molecule has 2 fully saturated rings. The van der Waals surface area contributed by atoms with Gasteiger partial charge in [-0.3, -0.25) is 0 Å². The first-order valence-corrected chi connectivity index (χ1v) is 8.64. The normalized spacial score (nSPS) is 23.9. The zero-order valence-electron chi connectivity index (χ0n) is 11.7. The van der Waals surface area contributed by atoms with Crippen LogP contribution in [0, 0.1) is 0 Å². The number of hydrogen-bond donors (Lipinski definition) is 2. The van der Waals surface area contributed by atoms with Crippen LogP contribution in [0.3, 0.4) is 0 Å². The van der Waals surface area contributed by atoms with Crippen molar-refractivity contribution in [1.29, 1.82) is 0 Å². The van der Waals surface area contributed by atoms with E-state index in [1.165, 1.54) is 0 Å². The standard InChI is InChI=1S/C14H21N3O2S/c1-11-10-17(9-8-15-11)13-4-2-3-5-14(13)20(18,19)16-12-6-7-12/h2-5,11-12,15-16H,6-10H2,1H3. The summed E-state index contributed by atoms with van der Waals surface area (Å²) in [6, 6.07) is 7.80. The summed E-state index contributed by atoms with van der Waals surface area (Å²) in [5, 5.41) is 3.38. The van der Waals surface area contributed by atoms with Crippen LogP contribution in [0.15, 0.2) is 29.2 Å². The average molecular weight is 295 g/mol. The highest BCUT2D eigenvalue weighted by Gasteiger charge is 2.30. The predicted octanol–water partition coefficient (Wildman–Crippen LogP) is 0.925. The summed E-state index contributed by atoms with van der Waals surface area (Å²) in [5.74, 6) is 0. The molecule has 1 aliphatic carbocycles. The van der Waals surface area contributed by atoms with Crippen LogP contribution in [0.25, 0.3) is 0 Å². The SMILES string of the molecule is CC1CN(c2ccccc2S(=O)(=O)NC2CC2)CCN1. The number of nitrogens with one attached hydrogen (secondary N) is 2. The summed E-state index contributed by atoms with van der Waals surface area (Å²) < 4.78 is 27.7. The van der Waals surface area contributed by atoms with E-state index in [9.17, 15) is 8.42 Å². The van der Waals surface area contributed by atoms with Crippen molar-refractivity contribution in [2.75, 3.05) is 24.5 Å². The van der Waals surface area contributed by atoms with Crippen LogP contribution in [0.2, 0.25) is 0 Å². The molecule has 1 heterocycles. The summed E-state index contributed by atoms with van der Waals surface area (Å²) in [4.78, 5) is 2.56. The van der Waals surface area contributed by atoms with Gasteiger partial charge in [0.1, 0.15) is 4.90 Å². The maximum Gasteiger partial charge on any atom is 0.242 e. The summed E-state index contributed by atoms with van der Waals surface area (Å²) in [7, 11) is -3.41. The lowest BCUT2D eigenvalue weighted by Crippen LogP contribution is -2.49. The molecule has 5 nitrogen and oxygen atoms in total. The Balaban J connectivity index is 1.91. The molecule has 1 aliphatic heterocycles. The van der Waals surface area contributed by atoms with E-state index in [1.54, 1.807) is 12.1 Å². The van der Waals surface area contributed by atoms with Crippen molar-refractivity contribution in [2.24, 2.45) is 0 Å². The monoisotopic (exact) mass is 295 g/mol. The van der Waals surface area contributed by atoms with Crippen LogP contribution in [0.5, 0.6) is 0 Å². The number of para-hydroxylation sites is 1. The van der Waals surface area contributed by atoms with Gasteiger partial charge in [0.05, 0.1) is 5.69 Å². The van der Waals surface area contributed by atoms with Gasteiger partial charge in [-0.05, 0) is 31.9 Å². The molecule has 1 saturated carbocycles. The molecule has 1 unspecified atom stereocenters. The second kappa shape index (κ2) is 5.35. The fourth-order valence-electron chi connectivity index (χ4n) is 2.58. The highest BCUT2D eigenvalue weighted by molar-refractivity contribution is 7.89. The van der Waals surface area contributed by atoms with Crippen molar-refractivity contribution in [3.05, 3.63) is 24.3 Å². The number of piperazine rings is 1. The summed E-state index contributed by atoms with van der Waals surface area (Å²) in [5.41, 5.74) is 0.814. The van der Waals surface area contributed by atoms with Gasteiger partial charge in [-0.25, -0.2) is 13.1 Å². The molecule has 1 atom stereocenters. The average Bonchev–Trinajstić information content (AvgIpc) is 3.22. The number of benzene rings is 1. The maximum atomic E-state index is 12.5. The molecule has 20 heavy (non-hydrogen) atoms. The molecule has 0 radical (unpaired) electrons. The van der Waals surface area contributed by atoms with Crippen molar-refractivity contribution < 1.29 is 8.42 Å². The van der Waals surface area contributed by atoms with Gasteiger partial charge in [0.25, 0.3) is 0 Å².